The van der Waals surface area contributed by atoms with Crippen molar-refractivity contribution in [2.75, 3.05) is 43.2 Å². The van der Waals surface area contributed by atoms with Gasteiger partial charge < -0.3 is 25.6 Å². The largest absolute Gasteiger partial charge is 0.497 e. The first-order chi connectivity index (χ1) is 17.0. The first-order valence-corrected chi connectivity index (χ1v) is 11.9. The number of anilines is 3. The third-order valence-corrected chi connectivity index (χ3v) is 6.28. The molecule has 3 amide bonds. The second-order valence-corrected chi connectivity index (χ2v) is 8.96. The van der Waals surface area contributed by atoms with Gasteiger partial charge in [-0.1, -0.05) is 30.3 Å². The standard InChI is InChI=1S/C28H32N4O3/c1-32-16-14-20(15-17-32)18-27(33)29-23-10-6-21(7-11-23)22-8-12-24(13-9-22)30-28(34)31-25-4-3-5-26(19-25)35-2/h3-13,19-20H,14-18H2,1-2H3,(H,29,33)(H2,30,31,34). The van der Waals surface area contributed by atoms with Crippen molar-refractivity contribution in [3.05, 3.63) is 72.8 Å². The van der Waals surface area contributed by atoms with Crippen LogP contribution < -0.4 is 20.7 Å². The number of rotatable bonds is 7. The third-order valence-electron chi connectivity index (χ3n) is 6.28. The van der Waals surface area contributed by atoms with Crippen LogP contribution in [0.3, 0.4) is 0 Å². The van der Waals surface area contributed by atoms with E-state index < -0.39 is 0 Å². The average Bonchev–Trinajstić information content (AvgIpc) is 2.86. The molecule has 35 heavy (non-hydrogen) atoms. The van der Waals surface area contributed by atoms with Crippen molar-refractivity contribution in [2.24, 2.45) is 5.92 Å². The SMILES string of the molecule is COc1cccc(NC(=O)Nc2ccc(-c3ccc(NC(=O)CC4CCN(C)CC4)cc3)cc2)c1. The summed E-state index contributed by atoms with van der Waals surface area (Å²) < 4.78 is 5.18. The molecule has 0 bridgehead atoms. The van der Waals surface area contributed by atoms with E-state index >= 15 is 0 Å². The van der Waals surface area contributed by atoms with Crippen molar-refractivity contribution in [2.45, 2.75) is 19.3 Å². The minimum Gasteiger partial charge on any atom is -0.497 e. The number of carbonyl (C=O) groups excluding carboxylic acids is 2. The monoisotopic (exact) mass is 472 g/mol. The number of methoxy groups -OCH3 is 1. The van der Waals surface area contributed by atoms with Gasteiger partial charge in [0.1, 0.15) is 5.75 Å². The zero-order valence-corrected chi connectivity index (χ0v) is 20.2. The van der Waals surface area contributed by atoms with E-state index in [1.54, 1.807) is 19.2 Å². The van der Waals surface area contributed by atoms with Gasteiger partial charge in [-0.25, -0.2) is 4.79 Å². The second-order valence-electron chi connectivity index (χ2n) is 8.96. The summed E-state index contributed by atoms with van der Waals surface area (Å²) >= 11 is 0. The van der Waals surface area contributed by atoms with Gasteiger partial charge in [-0.15, -0.1) is 0 Å². The predicted molar refractivity (Wildman–Crippen MR) is 141 cm³/mol. The van der Waals surface area contributed by atoms with E-state index in [1.807, 2.05) is 60.7 Å². The van der Waals surface area contributed by atoms with Gasteiger partial charge in [0.25, 0.3) is 0 Å². The molecule has 1 saturated heterocycles. The molecule has 1 aliphatic rings. The Morgan fingerprint density at radius 2 is 1.40 bits per heavy atom. The quantitative estimate of drug-likeness (QED) is 0.413. The summed E-state index contributed by atoms with van der Waals surface area (Å²) in [6.45, 7) is 2.13. The lowest BCUT2D eigenvalue weighted by Gasteiger charge is -2.28. The highest BCUT2D eigenvalue weighted by Crippen LogP contribution is 2.25. The summed E-state index contributed by atoms with van der Waals surface area (Å²) in [6.07, 6.45) is 2.74. The molecule has 3 N–H and O–H groups in total. The maximum absolute atomic E-state index is 12.4. The van der Waals surface area contributed by atoms with Crippen LogP contribution in [0.15, 0.2) is 72.8 Å². The maximum atomic E-state index is 12.4. The van der Waals surface area contributed by atoms with Crippen LogP contribution in [0.2, 0.25) is 0 Å². The van der Waals surface area contributed by atoms with Gasteiger partial charge in [-0.2, -0.15) is 0 Å². The number of ether oxygens (including phenoxy) is 1. The Kier molecular flexibility index (Phi) is 8.00. The summed E-state index contributed by atoms with van der Waals surface area (Å²) in [7, 11) is 3.71. The Labute approximate surface area is 206 Å². The number of hydrogen-bond donors (Lipinski definition) is 3. The molecule has 7 heteroatoms. The molecule has 0 radical (unpaired) electrons. The highest BCUT2D eigenvalue weighted by Gasteiger charge is 2.19. The number of benzene rings is 3. The van der Waals surface area contributed by atoms with Crippen molar-refractivity contribution in [1.82, 2.24) is 4.90 Å². The van der Waals surface area contributed by atoms with Crippen LogP contribution in [0.5, 0.6) is 5.75 Å². The lowest BCUT2D eigenvalue weighted by molar-refractivity contribution is -0.117. The summed E-state index contributed by atoms with van der Waals surface area (Å²) in [5.41, 5.74) is 4.20. The van der Waals surface area contributed by atoms with E-state index in [1.165, 1.54) is 0 Å². The van der Waals surface area contributed by atoms with E-state index in [9.17, 15) is 9.59 Å². The van der Waals surface area contributed by atoms with Gasteiger partial charge >= 0.3 is 6.03 Å². The van der Waals surface area contributed by atoms with Crippen LogP contribution in [0.4, 0.5) is 21.9 Å². The number of likely N-dealkylation sites (tertiary alicyclic amines) is 1. The molecule has 0 spiro atoms. The Hall–Kier alpha value is -3.84. The Bertz CT molecular complexity index is 1140. The minimum absolute atomic E-state index is 0.0787. The van der Waals surface area contributed by atoms with Crippen LogP contribution in [-0.4, -0.2) is 44.1 Å². The van der Waals surface area contributed by atoms with E-state index in [4.69, 9.17) is 4.74 Å². The fourth-order valence-electron chi connectivity index (χ4n) is 4.23. The lowest BCUT2D eigenvalue weighted by Crippen LogP contribution is -2.31. The summed E-state index contributed by atoms with van der Waals surface area (Å²) in [5.74, 6) is 1.22. The van der Waals surface area contributed by atoms with Crippen molar-refractivity contribution in [3.8, 4) is 16.9 Å². The first-order valence-electron chi connectivity index (χ1n) is 11.9. The Morgan fingerprint density at radius 3 is 2.00 bits per heavy atom. The number of nitrogens with zero attached hydrogens (tertiary/aromatic N) is 1. The number of amides is 3. The zero-order valence-electron chi connectivity index (χ0n) is 20.2. The topological polar surface area (TPSA) is 82.7 Å². The molecule has 4 rings (SSSR count). The fraction of sp³-hybridized carbons (Fsp3) is 0.286. The molecule has 0 unspecified atom stereocenters. The van der Waals surface area contributed by atoms with E-state index in [2.05, 4.69) is 27.9 Å². The minimum atomic E-state index is -0.327. The molecule has 0 aromatic heterocycles. The number of carbonyl (C=O) groups is 2. The number of hydrogen-bond acceptors (Lipinski definition) is 4. The first kappa shape index (κ1) is 24.3. The van der Waals surface area contributed by atoms with Gasteiger partial charge in [0.05, 0.1) is 7.11 Å². The normalized spacial score (nSPS) is 14.2. The highest BCUT2D eigenvalue weighted by molar-refractivity contribution is 6.00. The summed E-state index contributed by atoms with van der Waals surface area (Å²) in [5, 5.41) is 8.65. The second kappa shape index (κ2) is 11.5. The predicted octanol–water partition coefficient (Wildman–Crippen LogP) is 5.68. The number of nitrogens with one attached hydrogen (secondary N) is 3. The Balaban J connectivity index is 1.28. The number of urea groups is 1. The van der Waals surface area contributed by atoms with Crippen LogP contribution in [0.25, 0.3) is 11.1 Å². The van der Waals surface area contributed by atoms with Crippen LogP contribution in [0, 0.1) is 5.92 Å². The fourth-order valence-corrected chi connectivity index (χ4v) is 4.23. The van der Waals surface area contributed by atoms with Gasteiger partial charge in [0.2, 0.25) is 5.91 Å². The molecule has 182 valence electrons. The molecule has 1 heterocycles. The summed E-state index contributed by atoms with van der Waals surface area (Å²) in [6, 6.07) is 22.3. The van der Waals surface area contributed by atoms with E-state index in [0.717, 1.165) is 42.7 Å². The van der Waals surface area contributed by atoms with Crippen molar-refractivity contribution in [3.63, 3.8) is 0 Å². The van der Waals surface area contributed by atoms with Crippen molar-refractivity contribution >= 4 is 29.0 Å². The zero-order chi connectivity index (χ0) is 24.6. The van der Waals surface area contributed by atoms with Crippen molar-refractivity contribution < 1.29 is 14.3 Å². The van der Waals surface area contributed by atoms with Gasteiger partial charge in [-0.3, -0.25) is 4.79 Å². The molecule has 1 fully saturated rings. The van der Waals surface area contributed by atoms with Gasteiger partial charge in [-0.05, 0) is 86.4 Å². The number of piperidine rings is 1. The molecule has 0 saturated carbocycles. The molecular weight excluding hydrogens is 440 g/mol. The van der Waals surface area contributed by atoms with Crippen LogP contribution in [-0.2, 0) is 4.79 Å². The average molecular weight is 473 g/mol. The molecule has 1 aliphatic heterocycles. The molecule has 3 aromatic carbocycles. The van der Waals surface area contributed by atoms with Crippen LogP contribution in [0.1, 0.15) is 19.3 Å². The lowest BCUT2D eigenvalue weighted by atomic mass is 9.93. The highest BCUT2D eigenvalue weighted by atomic mass is 16.5. The van der Waals surface area contributed by atoms with Crippen LogP contribution >= 0.6 is 0 Å². The van der Waals surface area contributed by atoms with E-state index in [-0.39, 0.29) is 11.9 Å². The molecule has 0 atom stereocenters. The third kappa shape index (κ3) is 7.07. The van der Waals surface area contributed by atoms with Gasteiger partial charge in [0.15, 0.2) is 0 Å². The smallest absolute Gasteiger partial charge is 0.323 e. The molecule has 3 aromatic rings. The molecular formula is C28H32N4O3. The van der Waals surface area contributed by atoms with E-state index in [0.29, 0.717) is 29.5 Å². The molecule has 0 aliphatic carbocycles. The maximum Gasteiger partial charge on any atom is 0.323 e. The Morgan fingerprint density at radius 1 is 0.829 bits per heavy atom. The molecule has 7 nitrogen and oxygen atoms in total. The van der Waals surface area contributed by atoms with Crippen molar-refractivity contribution in [1.29, 1.82) is 0 Å². The van der Waals surface area contributed by atoms with Gasteiger partial charge in [0, 0.05) is 29.5 Å². The summed E-state index contributed by atoms with van der Waals surface area (Å²) in [4.78, 5) is 27.0.